The Morgan fingerprint density at radius 1 is 1.43 bits per heavy atom. The van der Waals surface area contributed by atoms with Gasteiger partial charge in [-0.25, -0.2) is 5.01 Å². The molecule has 0 aromatic heterocycles. The number of nitrogens with two attached hydrogens (primary N) is 1. The van der Waals surface area contributed by atoms with Gasteiger partial charge in [0, 0.05) is 20.1 Å². The topological polar surface area (TPSA) is 32.5 Å². The Morgan fingerprint density at radius 2 is 2.14 bits per heavy atom. The molecular formula is C4H11N3. The van der Waals surface area contributed by atoms with Crippen LogP contribution >= 0.6 is 0 Å². The van der Waals surface area contributed by atoms with Crippen LogP contribution in [0.25, 0.3) is 0 Å². The zero-order valence-corrected chi connectivity index (χ0v) is 4.59. The molecular weight excluding hydrogens is 90.1 g/mol. The molecule has 0 unspecified atom stereocenters. The molecule has 1 saturated heterocycles. The van der Waals surface area contributed by atoms with Gasteiger partial charge in [0.2, 0.25) is 0 Å². The summed E-state index contributed by atoms with van der Waals surface area (Å²) < 4.78 is 0. The second kappa shape index (κ2) is 1.78. The molecule has 0 aliphatic carbocycles. The third kappa shape index (κ3) is 0.907. The Labute approximate surface area is 43.6 Å². The fourth-order valence-corrected chi connectivity index (χ4v) is 0.761. The van der Waals surface area contributed by atoms with Gasteiger partial charge in [0.1, 0.15) is 0 Å². The van der Waals surface area contributed by atoms with Gasteiger partial charge in [-0.05, 0) is 6.42 Å². The second-order valence-corrected chi connectivity index (χ2v) is 1.90. The Bertz CT molecular complexity index is 56.0. The number of hydrogen-bond donors (Lipinski definition) is 1. The zero-order valence-electron chi connectivity index (χ0n) is 4.59. The van der Waals surface area contributed by atoms with Crippen molar-refractivity contribution in [1.29, 1.82) is 0 Å². The third-order valence-corrected chi connectivity index (χ3v) is 1.31. The molecule has 3 nitrogen and oxygen atoms in total. The number of rotatable bonds is 0. The molecule has 7 heavy (non-hydrogen) atoms. The molecule has 1 aliphatic rings. The first-order chi connectivity index (χ1) is 3.30. The standard InChI is InChI=1S/C4H11N3/c1-6-3-2-4-7(6)5/h2-5H2,1H3. The van der Waals surface area contributed by atoms with Crippen LogP contribution in [-0.4, -0.2) is 30.3 Å². The summed E-state index contributed by atoms with van der Waals surface area (Å²) >= 11 is 0. The molecule has 0 amide bonds. The van der Waals surface area contributed by atoms with Gasteiger partial charge in [-0.3, -0.25) is 5.84 Å². The highest BCUT2D eigenvalue weighted by atomic mass is 15.8. The van der Waals surface area contributed by atoms with E-state index in [1.54, 1.807) is 5.12 Å². The van der Waals surface area contributed by atoms with Gasteiger partial charge in [-0.15, -0.1) is 0 Å². The minimum Gasteiger partial charge on any atom is -0.255 e. The first-order valence-electron chi connectivity index (χ1n) is 2.54. The third-order valence-electron chi connectivity index (χ3n) is 1.31. The average molecular weight is 101 g/mol. The van der Waals surface area contributed by atoms with E-state index in [4.69, 9.17) is 5.84 Å². The first-order valence-corrected chi connectivity index (χ1v) is 2.54. The molecule has 1 heterocycles. The summed E-state index contributed by atoms with van der Waals surface area (Å²) in [4.78, 5) is 0. The highest BCUT2D eigenvalue weighted by Gasteiger charge is 2.11. The maximum atomic E-state index is 5.44. The van der Waals surface area contributed by atoms with Crippen molar-refractivity contribution in [2.24, 2.45) is 5.84 Å². The smallest absolute Gasteiger partial charge is 0.0300 e. The lowest BCUT2D eigenvalue weighted by Crippen LogP contribution is -2.38. The van der Waals surface area contributed by atoms with Gasteiger partial charge in [-0.2, -0.15) is 5.12 Å². The van der Waals surface area contributed by atoms with E-state index in [2.05, 4.69) is 0 Å². The van der Waals surface area contributed by atoms with E-state index in [0.29, 0.717) is 0 Å². The van der Waals surface area contributed by atoms with Crippen LogP contribution in [0.3, 0.4) is 0 Å². The van der Waals surface area contributed by atoms with Crippen LogP contribution in [0.1, 0.15) is 6.42 Å². The highest BCUT2D eigenvalue weighted by Crippen LogP contribution is 1.99. The predicted octanol–water partition coefficient (Wildman–Crippen LogP) is -0.587. The van der Waals surface area contributed by atoms with Crippen LogP contribution in [0.15, 0.2) is 0 Å². The van der Waals surface area contributed by atoms with Crippen molar-refractivity contribution in [1.82, 2.24) is 10.1 Å². The summed E-state index contributed by atoms with van der Waals surface area (Å²) in [5.41, 5.74) is 0. The molecule has 42 valence electrons. The molecule has 0 radical (unpaired) electrons. The molecule has 0 aromatic rings. The Hall–Kier alpha value is -0.120. The normalized spacial score (nSPS) is 26.6. The minimum absolute atomic E-state index is 1.01. The van der Waals surface area contributed by atoms with Gasteiger partial charge in [0.25, 0.3) is 0 Å². The van der Waals surface area contributed by atoms with Gasteiger partial charge < -0.3 is 0 Å². The van der Waals surface area contributed by atoms with Crippen LogP contribution in [0, 0.1) is 0 Å². The monoisotopic (exact) mass is 101 g/mol. The van der Waals surface area contributed by atoms with Crippen LogP contribution < -0.4 is 5.84 Å². The predicted molar refractivity (Wildman–Crippen MR) is 28.1 cm³/mol. The fraction of sp³-hybridized carbons (Fsp3) is 1.00. The van der Waals surface area contributed by atoms with Gasteiger partial charge in [0.05, 0.1) is 0 Å². The van der Waals surface area contributed by atoms with E-state index in [0.717, 1.165) is 13.1 Å². The average Bonchev–Trinajstić information content (AvgIpc) is 1.91. The van der Waals surface area contributed by atoms with E-state index in [1.807, 2.05) is 12.1 Å². The lowest BCUT2D eigenvalue weighted by Gasteiger charge is -2.16. The van der Waals surface area contributed by atoms with E-state index >= 15 is 0 Å². The van der Waals surface area contributed by atoms with Crippen molar-refractivity contribution >= 4 is 0 Å². The summed E-state index contributed by atoms with van der Waals surface area (Å²) in [5, 5.41) is 3.75. The largest absolute Gasteiger partial charge is 0.255 e. The van der Waals surface area contributed by atoms with Crippen LogP contribution in [0.4, 0.5) is 0 Å². The minimum atomic E-state index is 1.01. The second-order valence-electron chi connectivity index (χ2n) is 1.90. The van der Waals surface area contributed by atoms with Crippen molar-refractivity contribution in [3.63, 3.8) is 0 Å². The quantitative estimate of drug-likeness (QED) is 0.414. The number of nitrogens with zero attached hydrogens (tertiary/aromatic N) is 2. The maximum absolute atomic E-state index is 5.44. The zero-order chi connectivity index (χ0) is 5.28. The molecule has 1 aliphatic heterocycles. The molecule has 0 bridgehead atoms. The fourth-order valence-electron chi connectivity index (χ4n) is 0.761. The lowest BCUT2D eigenvalue weighted by molar-refractivity contribution is 0.0564. The summed E-state index contributed by atoms with van der Waals surface area (Å²) in [6, 6.07) is 0. The van der Waals surface area contributed by atoms with E-state index in [9.17, 15) is 0 Å². The summed E-state index contributed by atoms with van der Waals surface area (Å²) in [5.74, 6) is 5.44. The van der Waals surface area contributed by atoms with Gasteiger partial charge in [0.15, 0.2) is 0 Å². The van der Waals surface area contributed by atoms with Crippen molar-refractivity contribution in [3.05, 3.63) is 0 Å². The highest BCUT2D eigenvalue weighted by molar-refractivity contribution is 4.56. The van der Waals surface area contributed by atoms with Crippen molar-refractivity contribution in [3.8, 4) is 0 Å². The molecule has 0 atom stereocenters. The van der Waals surface area contributed by atoms with Crippen LogP contribution in [-0.2, 0) is 0 Å². The van der Waals surface area contributed by atoms with Crippen LogP contribution in [0.2, 0.25) is 0 Å². The number of hydrazine groups is 2. The SMILES string of the molecule is CN1CCCN1N. The Morgan fingerprint density at radius 3 is 2.29 bits per heavy atom. The molecule has 0 saturated carbocycles. The van der Waals surface area contributed by atoms with E-state index < -0.39 is 0 Å². The summed E-state index contributed by atoms with van der Waals surface area (Å²) in [6.07, 6.45) is 1.20. The van der Waals surface area contributed by atoms with E-state index in [1.165, 1.54) is 6.42 Å². The van der Waals surface area contributed by atoms with Crippen molar-refractivity contribution in [2.75, 3.05) is 20.1 Å². The molecule has 0 spiro atoms. The van der Waals surface area contributed by atoms with Crippen LogP contribution in [0.5, 0.6) is 0 Å². The van der Waals surface area contributed by atoms with E-state index in [-0.39, 0.29) is 0 Å². The Kier molecular flexibility index (Phi) is 1.27. The summed E-state index contributed by atoms with van der Waals surface area (Å²) in [7, 11) is 1.99. The molecule has 2 N–H and O–H groups in total. The first kappa shape index (κ1) is 5.03. The molecule has 3 heteroatoms. The maximum Gasteiger partial charge on any atom is 0.0300 e. The summed E-state index contributed by atoms with van der Waals surface area (Å²) in [6.45, 7) is 2.12. The van der Waals surface area contributed by atoms with Crippen molar-refractivity contribution in [2.45, 2.75) is 6.42 Å². The molecule has 1 rings (SSSR count). The van der Waals surface area contributed by atoms with Crippen molar-refractivity contribution < 1.29 is 0 Å². The Balaban J connectivity index is 2.33. The lowest BCUT2D eigenvalue weighted by atomic mass is 10.5. The molecule has 0 aromatic carbocycles. The van der Waals surface area contributed by atoms with Gasteiger partial charge >= 0.3 is 0 Å². The molecule has 1 fully saturated rings. The number of hydrogen-bond acceptors (Lipinski definition) is 3. The van der Waals surface area contributed by atoms with Gasteiger partial charge in [-0.1, -0.05) is 0 Å².